The SMILES string of the molecule is CC1(C)CC(C)(C)NN=N1. The molecule has 0 atom stereocenters. The average molecular weight is 141 g/mol. The summed E-state index contributed by atoms with van der Waals surface area (Å²) in [5.41, 5.74) is 3.08. The van der Waals surface area contributed by atoms with Crippen molar-refractivity contribution in [1.29, 1.82) is 0 Å². The van der Waals surface area contributed by atoms with Gasteiger partial charge in [0.25, 0.3) is 0 Å². The highest BCUT2D eigenvalue weighted by molar-refractivity contribution is 4.90. The monoisotopic (exact) mass is 141 g/mol. The molecule has 10 heavy (non-hydrogen) atoms. The van der Waals surface area contributed by atoms with Crippen LogP contribution in [0.2, 0.25) is 0 Å². The molecule has 3 nitrogen and oxygen atoms in total. The highest BCUT2D eigenvalue weighted by Crippen LogP contribution is 2.26. The van der Waals surface area contributed by atoms with Gasteiger partial charge in [0.1, 0.15) is 0 Å². The zero-order valence-electron chi connectivity index (χ0n) is 7.10. The molecule has 0 saturated carbocycles. The Kier molecular flexibility index (Phi) is 1.46. The van der Waals surface area contributed by atoms with Crippen LogP contribution in [0.1, 0.15) is 34.1 Å². The quantitative estimate of drug-likeness (QED) is 0.549. The van der Waals surface area contributed by atoms with Gasteiger partial charge < -0.3 is 0 Å². The minimum absolute atomic E-state index is 0.00868. The zero-order chi connectivity index (χ0) is 7.83. The van der Waals surface area contributed by atoms with Gasteiger partial charge in [-0.2, -0.15) is 5.11 Å². The fourth-order valence-electron chi connectivity index (χ4n) is 1.45. The van der Waals surface area contributed by atoms with E-state index >= 15 is 0 Å². The van der Waals surface area contributed by atoms with Gasteiger partial charge in [-0.15, -0.1) is 0 Å². The van der Waals surface area contributed by atoms with E-state index in [-0.39, 0.29) is 11.1 Å². The van der Waals surface area contributed by atoms with Gasteiger partial charge in [0.15, 0.2) is 0 Å². The molecule has 0 radical (unpaired) electrons. The molecule has 0 unspecified atom stereocenters. The summed E-state index contributed by atoms with van der Waals surface area (Å²) in [5, 5.41) is 7.93. The predicted octanol–water partition coefficient (Wildman–Crippen LogP) is 1.90. The summed E-state index contributed by atoms with van der Waals surface area (Å²) in [6.45, 7) is 8.46. The van der Waals surface area contributed by atoms with Crippen molar-refractivity contribution in [3.8, 4) is 0 Å². The molecular weight excluding hydrogens is 126 g/mol. The second kappa shape index (κ2) is 1.94. The Morgan fingerprint density at radius 3 is 2.10 bits per heavy atom. The predicted molar refractivity (Wildman–Crippen MR) is 40.8 cm³/mol. The van der Waals surface area contributed by atoms with Crippen LogP contribution in [0.25, 0.3) is 0 Å². The molecule has 0 aromatic heterocycles. The molecule has 1 N–H and O–H groups in total. The van der Waals surface area contributed by atoms with Crippen LogP contribution in [0.3, 0.4) is 0 Å². The molecule has 0 aromatic carbocycles. The molecule has 0 saturated heterocycles. The summed E-state index contributed by atoms with van der Waals surface area (Å²) < 4.78 is 0. The smallest absolute Gasteiger partial charge is 0.0803 e. The number of hydrogen-bond donors (Lipinski definition) is 1. The largest absolute Gasteiger partial charge is 0.286 e. The first-order chi connectivity index (χ1) is 4.41. The van der Waals surface area contributed by atoms with E-state index in [0.717, 1.165) is 6.42 Å². The van der Waals surface area contributed by atoms with Gasteiger partial charge >= 0.3 is 0 Å². The van der Waals surface area contributed by atoms with E-state index in [2.05, 4.69) is 43.5 Å². The lowest BCUT2D eigenvalue weighted by Gasteiger charge is -2.34. The molecule has 0 spiro atoms. The van der Waals surface area contributed by atoms with Crippen LogP contribution in [-0.2, 0) is 0 Å². The van der Waals surface area contributed by atoms with Crippen molar-refractivity contribution >= 4 is 0 Å². The minimum Gasteiger partial charge on any atom is -0.286 e. The first-order valence-electron chi connectivity index (χ1n) is 3.60. The summed E-state index contributed by atoms with van der Waals surface area (Å²) >= 11 is 0. The molecule has 0 bridgehead atoms. The molecule has 3 heteroatoms. The Bertz CT molecular complexity index is 158. The lowest BCUT2D eigenvalue weighted by Crippen LogP contribution is -2.45. The van der Waals surface area contributed by atoms with Gasteiger partial charge in [-0.1, -0.05) is 5.22 Å². The highest BCUT2D eigenvalue weighted by atomic mass is 15.5. The van der Waals surface area contributed by atoms with Crippen LogP contribution >= 0.6 is 0 Å². The third kappa shape index (κ3) is 1.69. The maximum absolute atomic E-state index is 4.07. The number of nitrogens with zero attached hydrogens (tertiary/aromatic N) is 2. The molecule has 0 aromatic rings. The molecule has 0 aliphatic carbocycles. The van der Waals surface area contributed by atoms with Crippen molar-refractivity contribution in [2.45, 2.75) is 45.2 Å². The molecule has 58 valence electrons. The van der Waals surface area contributed by atoms with Gasteiger partial charge in [-0.05, 0) is 34.1 Å². The van der Waals surface area contributed by atoms with Crippen LogP contribution in [0.5, 0.6) is 0 Å². The summed E-state index contributed by atoms with van der Waals surface area (Å²) in [6.07, 6.45) is 1.03. The molecular formula is C7H15N3. The van der Waals surface area contributed by atoms with E-state index in [1.807, 2.05) is 0 Å². The van der Waals surface area contributed by atoms with E-state index < -0.39 is 0 Å². The standard InChI is InChI=1S/C7H15N3/c1-6(2)5-7(3,4)9-10-8-6/h5H2,1-4H3,(H,8,9). The van der Waals surface area contributed by atoms with E-state index in [1.54, 1.807) is 0 Å². The molecule has 0 amide bonds. The molecule has 1 heterocycles. The number of rotatable bonds is 0. The summed E-state index contributed by atoms with van der Waals surface area (Å²) in [6, 6.07) is 0. The van der Waals surface area contributed by atoms with Crippen molar-refractivity contribution in [3.63, 3.8) is 0 Å². The number of nitrogens with one attached hydrogen (secondary N) is 1. The van der Waals surface area contributed by atoms with Crippen molar-refractivity contribution in [1.82, 2.24) is 5.43 Å². The van der Waals surface area contributed by atoms with E-state index in [4.69, 9.17) is 0 Å². The van der Waals surface area contributed by atoms with Gasteiger partial charge in [-0.3, -0.25) is 5.43 Å². The Hall–Kier alpha value is -0.600. The molecule has 1 aliphatic heterocycles. The van der Waals surface area contributed by atoms with Crippen molar-refractivity contribution < 1.29 is 0 Å². The first kappa shape index (κ1) is 7.51. The third-order valence-corrected chi connectivity index (χ3v) is 1.55. The molecule has 0 fully saturated rings. The van der Waals surface area contributed by atoms with E-state index in [9.17, 15) is 0 Å². The highest BCUT2D eigenvalue weighted by Gasteiger charge is 2.31. The van der Waals surface area contributed by atoms with E-state index in [0.29, 0.717) is 0 Å². The van der Waals surface area contributed by atoms with Gasteiger partial charge in [0.05, 0.1) is 11.1 Å². The second-order valence-corrected chi connectivity index (χ2v) is 4.18. The third-order valence-electron chi connectivity index (χ3n) is 1.55. The Balaban J connectivity index is 2.73. The summed E-state index contributed by atoms with van der Waals surface area (Å²) in [7, 11) is 0. The fraction of sp³-hybridized carbons (Fsp3) is 1.00. The van der Waals surface area contributed by atoms with Crippen molar-refractivity contribution in [3.05, 3.63) is 0 Å². The van der Waals surface area contributed by atoms with Crippen LogP contribution in [0, 0.1) is 0 Å². The Morgan fingerprint density at radius 1 is 1.20 bits per heavy atom. The molecule has 1 rings (SSSR count). The Labute approximate surface area is 61.9 Å². The maximum atomic E-state index is 4.07. The van der Waals surface area contributed by atoms with Crippen LogP contribution in [0.15, 0.2) is 10.3 Å². The zero-order valence-corrected chi connectivity index (χ0v) is 7.10. The lowest BCUT2D eigenvalue weighted by molar-refractivity contribution is 0.236. The summed E-state index contributed by atoms with van der Waals surface area (Å²) in [5.74, 6) is 0. The van der Waals surface area contributed by atoms with Crippen molar-refractivity contribution in [2.24, 2.45) is 10.3 Å². The molecule has 1 aliphatic rings. The van der Waals surface area contributed by atoms with E-state index in [1.165, 1.54) is 0 Å². The van der Waals surface area contributed by atoms with Gasteiger partial charge in [-0.25, -0.2) is 0 Å². The average Bonchev–Trinajstić information content (AvgIpc) is 1.56. The lowest BCUT2D eigenvalue weighted by atomic mass is 9.88. The first-order valence-corrected chi connectivity index (χ1v) is 3.60. The van der Waals surface area contributed by atoms with Gasteiger partial charge in [0, 0.05) is 0 Å². The van der Waals surface area contributed by atoms with Crippen LogP contribution in [0.4, 0.5) is 0 Å². The van der Waals surface area contributed by atoms with Crippen LogP contribution < -0.4 is 5.43 Å². The normalized spacial score (nSPS) is 27.6. The minimum atomic E-state index is 0.00868. The fourth-order valence-corrected chi connectivity index (χ4v) is 1.45. The number of hydrogen-bond acceptors (Lipinski definition) is 3. The van der Waals surface area contributed by atoms with Gasteiger partial charge in [0.2, 0.25) is 0 Å². The van der Waals surface area contributed by atoms with Crippen molar-refractivity contribution in [2.75, 3.05) is 0 Å². The van der Waals surface area contributed by atoms with Crippen LogP contribution in [-0.4, -0.2) is 11.1 Å². The maximum Gasteiger partial charge on any atom is 0.0803 e. The Morgan fingerprint density at radius 2 is 1.80 bits per heavy atom. The summed E-state index contributed by atoms with van der Waals surface area (Å²) in [4.78, 5) is 0. The topological polar surface area (TPSA) is 36.8 Å². The second-order valence-electron chi connectivity index (χ2n) is 4.18.